The molecule has 1 rings (SSSR count). The summed E-state index contributed by atoms with van der Waals surface area (Å²) < 4.78 is 39.0. The van der Waals surface area contributed by atoms with Gasteiger partial charge < -0.3 is 9.57 Å². The van der Waals surface area contributed by atoms with Crippen molar-refractivity contribution < 1.29 is 22.7 Å². The molecule has 82 valence electrons. The highest BCUT2D eigenvalue weighted by molar-refractivity contribution is 5.79. The summed E-state index contributed by atoms with van der Waals surface area (Å²) >= 11 is 0. The largest absolute Gasteiger partial charge is 0.573 e. The van der Waals surface area contributed by atoms with Crippen LogP contribution in [0.3, 0.4) is 0 Å². The Bertz CT molecular complexity index is 332. The first-order valence-electron chi connectivity index (χ1n) is 3.93. The van der Waals surface area contributed by atoms with Crippen LogP contribution in [-0.4, -0.2) is 19.7 Å². The maximum absolute atomic E-state index is 11.8. The normalized spacial score (nSPS) is 11.7. The topological polar surface area (TPSA) is 30.8 Å². The fourth-order valence-corrected chi connectivity index (χ4v) is 0.869. The van der Waals surface area contributed by atoms with Crippen molar-refractivity contribution in [2.75, 3.05) is 7.11 Å². The Kier molecular flexibility index (Phi) is 3.54. The van der Waals surface area contributed by atoms with E-state index in [0.717, 1.165) is 0 Å². The van der Waals surface area contributed by atoms with E-state index >= 15 is 0 Å². The van der Waals surface area contributed by atoms with Crippen molar-refractivity contribution in [3.8, 4) is 5.75 Å². The zero-order valence-electron chi connectivity index (χ0n) is 7.78. The molecule has 1 aromatic rings. The van der Waals surface area contributed by atoms with E-state index in [4.69, 9.17) is 0 Å². The minimum atomic E-state index is -4.66. The van der Waals surface area contributed by atoms with Crippen LogP contribution < -0.4 is 4.74 Å². The zero-order chi connectivity index (χ0) is 11.3. The standard InChI is InChI=1S/C9H8F3NO2/c1-14-13-6-7-2-4-8(5-3-7)15-9(10,11)12/h2-6H,1H3. The van der Waals surface area contributed by atoms with Gasteiger partial charge in [-0.15, -0.1) is 13.2 Å². The Morgan fingerprint density at radius 2 is 1.80 bits per heavy atom. The second-order valence-electron chi connectivity index (χ2n) is 2.53. The van der Waals surface area contributed by atoms with Gasteiger partial charge in [-0.1, -0.05) is 5.16 Å². The summed E-state index contributed by atoms with van der Waals surface area (Å²) in [6.07, 6.45) is -3.29. The van der Waals surface area contributed by atoms with Crippen molar-refractivity contribution in [2.45, 2.75) is 6.36 Å². The molecule has 0 bridgehead atoms. The Morgan fingerprint density at radius 1 is 1.20 bits per heavy atom. The molecule has 0 saturated carbocycles. The summed E-state index contributed by atoms with van der Waals surface area (Å²) in [5, 5.41) is 3.46. The molecule has 0 saturated heterocycles. The van der Waals surface area contributed by atoms with Crippen molar-refractivity contribution in [3.05, 3.63) is 29.8 Å². The Hall–Kier alpha value is -1.72. The van der Waals surface area contributed by atoms with E-state index in [0.29, 0.717) is 5.56 Å². The Morgan fingerprint density at radius 3 is 2.27 bits per heavy atom. The predicted octanol–water partition coefficient (Wildman–Crippen LogP) is 2.57. The fraction of sp³-hybridized carbons (Fsp3) is 0.222. The molecule has 0 fully saturated rings. The third-order valence-corrected chi connectivity index (χ3v) is 1.42. The van der Waals surface area contributed by atoms with Gasteiger partial charge >= 0.3 is 6.36 Å². The molecule has 0 heterocycles. The van der Waals surface area contributed by atoms with Crippen LogP contribution in [-0.2, 0) is 4.84 Å². The van der Waals surface area contributed by atoms with Gasteiger partial charge in [0.25, 0.3) is 0 Å². The molecule has 1 aromatic carbocycles. The molecular weight excluding hydrogens is 211 g/mol. The lowest BCUT2D eigenvalue weighted by molar-refractivity contribution is -0.274. The smallest absolute Gasteiger partial charge is 0.406 e. The molecule has 0 unspecified atom stereocenters. The summed E-state index contributed by atoms with van der Waals surface area (Å²) in [7, 11) is 1.37. The number of hydrogen-bond acceptors (Lipinski definition) is 3. The van der Waals surface area contributed by atoms with Crippen LogP contribution in [0.25, 0.3) is 0 Å². The average Bonchev–Trinajstić information content (AvgIpc) is 2.14. The van der Waals surface area contributed by atoms with Crippen molar-refractivity contribution in [3.63, 3.8) is 0 Å². The highest BCUT2D eigenvalue weighted by atomic mass is 19.4. The Balaban J connectivity index is 2.68. The van der Waals surface area contributed by atoms with Crippen LogP contribution in [0.5, 0.6) is 5.75 Å². The minimum Gasteiger partial charge on any atom is -0.406 e. The molecule has 0 atom stereocenters. The number of oxime groups is 1. The van der Waals surface area contributed by atoms with Crippen LogP contribution in [0, 0.1) is 0 Å². The lowest BCUT2D eigenvalue weighted by Gasteiger charge is -2.08. The molecule has 0 N–H and O–H groups in total. The van der Waals surface area contributed by atoms with Gasteiger partial charge in [-0.3, -0.25) is 0 Å². The van der Waals surface area contributed by atoms with Gasteiger partial charge in [0.2, 0.25) is 0 Å². The predicted molar refractivity (Wildman–Crippen MR) is 47.7 cm³/mol. The molecule has 15 heavy (non-hydrogen) atoms. The zero-order valence-corrected chi connectivity index (χ0v) is 7.78. The van der Waals surface area contributed by atoms with Gasteiger partial charge in [-0.25, -0.2) is 0 Å². The molecule has 0 aliphatic carbocycles. The van der Waals surface area contributed by atoms with Gasteiger partial charge in [0.1, 0.15) is 12.9 Å². The second kappa shape index (κ2) is 4.68. The molecule has 0 aliphatic rings. The summed E-state index contributed by atoms with van der Waals surface area (Å²) in [6, 6.07) is 5.27. The number of nitrogens with zero attached hydrogens (tertiary/aromatic N) is 1. The Labute approximate surface area is 84.1 Å². The summed E-state index contributed by atoms with van der Waals surface area (Å²) in [5.74, 6) is -0.267. The number of alkyl halides is 3. The van der Waals surface area contributed by atoms with Gasteiger partial charge in [-0.2, -0.15) is 0 Å². The summed E-state index contributed by atoms with van der Waals surface area (Å²) in [5.41, 5.74) is 0.617. The van der Waals surface area contributed by atoms with Crippen LogP contribution in [0.1, 0.15) is 5.56 Å². The van der Waals surface area contributed by atoms with Crippen LogP contribution >= 0.6 is 0 Å². The van der Waals surface area contributed by atoms with Crippen molar-refractivity contribution in [2.24, 2.45) is 5.16 Å². The molecule has 6 heteroatoms. The van der Waals surface area contributed by atoms with Crippen LogP contribution in [0.15, 0.2) is 29.4 Å². The number of rotatable bonds is 3. The first-order valence-corrected chi connectivity index (χ1v) is 3.93. The first kappa shape index (κ1) is 11.4. The third-order valence-electron chi connectivity index (χ3n) is 1.42. The van der Waals surface area contributed by atoms with Crippen LogP contribution in [0.4, 0.5) is 13.2 Å². The molecule has 0 amide bonds. The van der Waals surface area contributed by atoms with E-state index in [1.54, 1.807) is 0 Å². The molecule has 0 radical (unpaired) electrons. The van der Waals surface area contributed by atoms with Gasteiger partial charge in [-0.05, 0) is 29.8 Å². The maximum Gasteiger partial charge on any atom is 0.573 e. The SMILES string of the molecule is CON=Cc1ccc(OC(F)(F)F)cc1. The second-order valence-corrected chi connectivity index (χ2v) is 2.53. The van der Waals surface area contributed by atoms with E-state index in [9.17, 15) is 13.2 Å². The number of ether oxygens (including phenoxy) is 1. The van der Waals surface area contributed by atoms with E-state index in [2.05, 4.69) is 14.7 Å². The van der Waals surface area contributed by atoms with Gasteiger partial charge in [0, 0.05) is 0 Å². The number of benzene rings is 1. The number of halogens is 3. The highest BCUT2D eigenvalue weighted by Crippen LogP contribution is 2.22. The minimum absolute atomic E-state index is 0.267. The quantitative estimate of drug-likeness (QED) is 0.577. The van der Waals surface area contributed by atoms with E-state index in [-0.39, 0.29) is 5.75 Å². The lowest BCUT2D eigenvalue weighted by atomic mass is 10.2. The van der Waals surface area contributed by atoms with Gasteiger partial charge in [0.15, 0.2) is 0 Å². The van der Waals surface area contributed by atoms with E-state index < -0.39 is 6.36 Å². The highest BCUT2D eigenvalue weighted by Gasteiger charge is 2.30. The van der Waals surface area contributed by atoms with Crippen LogP contribution in [0.2, 0.25) is 0 Å². The number of hydrogen-bond donors (Lipinski definition) is 0. The summed E-state index contributed by atoms with van der Waals surface area (Å²) in [6.45, 7) is 0. The monoisotopic (exact) mass is 219 g/mol. The molecule has 3 nitrogen and oxygen atoms in total. The van der Waals surface area contributed by atoms with E-state index in [1.165, 1.54) is 37.6 Å². The van der Waals surface area contributed by atoms with E-state index in [1.807, 2.05) is 0 Å². The lowest BCUT2D eigenvalue weighted by Crippen LogP contribution is -2.16. The average molecular weight is 219 g/mol. The van der Waals surface area contributed by atoms with Crippen molar-refractivity contribution in [1.29, 1.82) is 0 Å². The molecule has 0 spiro atoms. The third kappa shape index (κ3) is 4.35. The van der Waals surface area contributed by atoms with Crippen molar-refractivity contribution in [1.82, 2.24) is 0 Å². The summed E-state index contributed by atoms with van der Waals surface area (Å²) in [4.78, 5) is 4.41. The first-order chi connectivity index (χ1) is 7.01. The maximum atomic E-state index is 11.8. The molecule has 0 aromatic heterocycles. The molecule has 0 aliphatic heterocycles. The molecular formula is C9H8F3NO2. The fourth-order valence-electron chi connectivity index (χ4n) is 0.869. The van der Waals surface area contributed by atoms with Gasteiger partial charge in [0.05, 0.1) is 6.21 Å². The van der Waals surface area contributed by atoms with Crippen molar-refractivity contribution >= 4 is 6.21 Å².